The normalized spacial score (nSPS) is 10.6. The van der Waals surface area contributed by atoms with E-state index < -0.39 is 0 Å². The average Bonchev–Trinajstić information content (AvgIpc) is 2.69. The average molecular weight is 399 g/mol. The minimum absolute atomic E-state index is 0.119. The first-order valence-corrected chi connectivity index (χ1v) is 10.1. The van der Waals surface area contributed by atoms with Crippen LogP contribution in [0.4, 0.5) is 0 Å². The molecule has 0 bridgehead atoms. The summed E-state index contributed by atoms with van der Waals surface area (Å²) in [7, 11) is 0. The van der Waals surface area contributed by atoms with Crippen molar-refractivity contribution in [2.75, 3.05) is 19.0 Å². The highest BCUT2D eigenvalue weighted by molar-refractivity contribution is 7.99. The topological polar surface area (TPSA) is 59.9 Å². The number of carbonyl (C=O) groups excluding carboxylic acids is 1. The molecule has 2 aromatic rings. The van der Waals surface area contributed by atoms with Crippen LogP contribution in [-0.2, 0) is 4.79 Å². The van der Waals surface area contributed by atoms with Crippen molar-refractivity contribution in [3.05, 3.63) is 66.2 Å². The van der Waals surface area contributed by atoms with E-state index in [1.165, 1.54) is 5.56 Å². The number of hydrogen-bond acceptors (Lipinski definition) is 5. The Bertz CT molecular complexity index is 804. The Kier molecular flexibility index (Phi) is 9.15. The molecule has 28 heavy (non-hydrogen) atoms. The molecule has 2 rings (SSSR count). The summed E-state index contributed by atoms with van der Waals surface area (Å²) in [5.74, 6) is 1.87. The second kappa shape index (κ2) is 11.9. The summed E-state index contributed by atoms with van der Waals surface area (Å²) >= 11 is 1.65. The zero-order valence-electron chi connectivity index (χ0n) is 16.3. The van der Waals surface area contributed by atoms with Gasteiger partial charge in [0.25, 0.3) is 0 Å². The van der Waals surface area contributed by atoms with Gasteiger partial charge in [0.05, 0.1) is 12.8 Å². The van der Waals surface area contributed by atoms with Crippen LogP contribution in [0.25, 0.3) is 0 Å². The van der Waals surface area contributed by atoms with E-state index in [2.05, 4.69) is 48.3 Å². The molecule has 148 valence electrons. The first-order chi connectivity index (χ1) is 13.6. The standard InChI is InChI=1S/C22H26N2O3S/c1-4-13-27-20-11-8-18(15-21(20)26-5-2)16-23-24-22(25)12-14-28-19-9-6-17(3)7-10-19/h4,6-11,15-16H,1,5,12-14H2,2-3H3,(H,24,25)/b23-16-. The van der Waals surface area contributed by atoms with Crippen LogP contribution in [0.15, 0.2) is 65.1 Å². The van der Waals surface area contributed by atoms with E-state index >= 15 is 0 Å². The molecule has 0 spiro atoms. The van der Waals surface area contributed by atoms with E-state index in [9.17, 15) is 4.79 Å². The second-order valence-corrected chi connectivity index (χ2v) is 7.11. The molecule has 0 atom stereocenters. The van der Waals surface area contributed by atoms with Crippen molar-refractivity contribution in [2.45, 2.75) is 25.2 Å². The number of amides is 1. The van der Waals surface area contributed by atoms with Crippen LogP contribution >= 0.6 is 11.8 Å². The minimum Gasteiger partial charge on any atom is -0.490 e. The maximum Gasteiger partial charge on any atom is 0.240 e. The minimum atomic E-state index is -0.119. The monoisotopic (exact) mass is 398 g/mol. The fourth-order valence-corrected chi connectivity index (χ4v) is 3.12. The van der Waals surface area contributed by atoms with Gasteiger partial charge in [0, 0.05) is 17.1 Å². The van der Waals surface area contributed by atoms with Gasteiger partial charge < -0.3 is 9.47 Å². The van der Waals surface area contributed by atoms with E-state index in [-0.39, 0.29) is 5.91 Å². The van der Waals surface area contributed by atoms with Crippen LogP contribution in [-0.4, -0.2) is 31.1 Å². The van der Waals surface area contributed by atoms with E-state index in [0.717, 1.165) is 10.5 Å². The molecule has 0 aromatic heterocycles. The van der Waals surface area contributed by atoms with Gasteiger partial charge in [-0.05, 0) is 49.7 Å². The van der Waals surface area contributed by atoms with Gasteiger partial charge in [-0.1, -0.05) is 30.4 Å². The number of rotatable bonds is 11. The number of nitrogens with zero attached hydrogens (tertiary/aromatic N) is 1. The lowest BCUT2D eigenvalue weighted by Gasteiger charge is -2.11. The third kappa shape index (κ3) is 7.48. The van der Waals surface area contributed by atoms with Crippen molar-refractivity contribution < 1.29 is 14.3 Å². The van der Waals surface area contributed by atoms with Gasteiger partial charge in [-0.25, -0.2) is 5.43 Å². The predicted octanol–water partition coefficient (Wildman–Crippen LogP) is 4.59. The Morgan fingerprint density at radius 2 is 1.96 bits per heavy atom. The number of ether oxygens (including phenoxy) is 2. The van der Waals surface area contributed by atoms with Crippen molar-refractivity contribution in [2.24, 2.45) is 5.10 Å². The molecule has 0 fully saturated rings. The van der Waals surface area contributed by atoms with Crippen molar-refractivity contribution in [1.29, 1.82) is 0 Å². The Morgan fingerprint density at radius 3 is 2.68 bits per heavy atom. The summed E-state index contributed by atoms with van der Waals surface area (Å²) in [5, 5.41) is 4.03. The first kappa shape index (κ1) is 21.6. The molecule has 0 aliphatic carbocycles. The third-order valence-electron chi connectivity index (χ3n) is 3.65. The zero-order chi connectivity index (χ0) is 20.2. The van der Waals surface area contributed by atoms with Gasteiger partial charge in [0.2, 0.25) is 5.91 Å². The fourth-order valence-electron chi connectivity index (χ4n) is 2.27. The van der Waals surface area contributed by atoms with Crippen molar-refractivity contribution >= 4 is 23.9 Å². The third-order valence-corrected chi connectivity index (χ3v) is 4.66. The Balaban J connectivity index is 1.82. The lowest BCUT2D eigenvalue weighted by molar-refractivity contribution is -0.120. The summed E-state index contributed by atoms with van der Waals surface area (Å²) in [6, 6.07) is 13.8. The number of benzene rings is 2. The van der Waals surface area contributed by atoms with Gasteiger partial charge in [0.15, 0.2) is 11.5 Å². The smallest absolute Gasteiger partial charge is 0.240 e. The molecule has 5 nitrogen and oxygen atoms in total. The van der Waals surface area contributed by atoms with E-state index in [1.807, 2.05) is 25.1 Å². The Morgan fingerprint density at radius 1 is 1.18 bits per heavy atom. The molecule has 0 saturated heterocycles. The van der Waals surface area contributed by atoms with E-state index in [1.54, 1.807) is 24.1 Å². The molecule has 0 heterocycles. The van der Waals surface area contributed by atoms with Gasteiger partial charge in [-0.2, -0.15) is 5.10 Å². The van der Waals surface area contributed by atoms with Crippen LogP contribution in [0.5, 0.6) is 11.5 Å². The Hall–Kier alpha value is -2.73. The van der Waals surface area contributed by atoms with E-state index in [4.69, 9.17) is 9.47 Å². The first-order valence-electron chi connectivity index (χ1n) is 9.14. The lowest BCUT2D eigenvalue weighted by Crippen LogP contribution is -2.17. The van der Waals surface area contributed by atoms with Crippen molar-refractivity contribution in [1.82, 2.24) is 5.43 Å². The molecule has 1 N–H and O–H groups in total. The Labute approximate surface area is 170 Å². The quantitative estimate of drug-likeness (QED) is 0.260. The molecule has 0 unspecified atom stereocenters. The summed E-state index contributed by atoms with van der Waals surface area (Å²) in [6.07, 6.45) is 3.66. The highest BCUT2D eigenvalue weighted by atomic mass is 32.2. The van der Waals surface area contributed by atoms with Crippen LogP contribution in [0.1, 0.15) is 24.5 Å². The van der Waals surface area contributed by atoms with Crippen molar-refractivity contribution in [3.8, 4) is 11.5 Å². The highest BCUT2D eigenvalue weighted by Crippen LogP contribution is 2.28. The van der Waals surface area contributed by atoms with Crippen LogP contribution in [0.2, 0.25) is 0 Å². The fraction of sp³-hybridized carbons (Fsp3) is 0.273. The van der Waals surface area contributed by atoms with E-state index in [0.29, 0.717) is 36.9 Å². The molecule has 0 aliphatic heterocycles. The highest BCUT2D eigenvalue weighted by Gasteiger charge is 2.06. The molecular formula is C22H26N2O3S. The molecule has 0 saturated carbocycles. The summed E-state index contributed by atoms with van der Waals surface area (Å²) in [6.45, 7) is 8.54. The number of aryl methyl sites for hydroxylation is 1. The molecule has 2 aromatic carbocycles. The number of nitrogens with one attached hydrogen (secondary N) is 1. The number of thioether (sulfide) groups is 1. The largest absolute Gasteiger partial charge is 0.490 e. The summed E-state index contributed by atoms with van der Waals surface area (Å²) in [5.41, 5.74) is 4.59. The maximum atomic E-state index is 11.9. The summed E-state index contributed by atoms with van der Waals surface area (Å²) < 4.78 is 11.2. The van der Waals surface area contributed by atoms with Gasteiger partial charge in [-0.15, -0.1) is 11.8 Å². The van der Waals surface area contributed by atoms with Gasteiger partial charge in [-0.3, -0.25) is 4.79 Å². The number of carbonyl (C=O) groups is 1. The predicted molar refractivity (Wildman–Crippen MR) is 116 cm³/mol. The van der Waals surface area contributed by atoms with Crippen LogP contribution in [0.3, 0.4) is 0 Å². The molecule has 1 amide bonds. The van der Waals surface area contributed by atoms with Crippen molar-refractivity contribution in [3.63, 3.8) is 0 Å². The zero-order valence-corrected chi connectivity index (χ0v) is 17.1. The van der Waals surface area contributed by atoms with Gasteiger partial charge in [0.1, 0.15) is 6.61 Å². The second-order valence-electron chi connectivity index (χ2n) is 5.94. The SMILES string of the molecule is C=CCOc1ccc(/C=N\NC(=O)CCSc2ccc(C)cc2)cc1OCC. The molecule has 0 radical (unpaired) electrons. The maximum absolute atomic E-state index is 11.9. The lowest BCUT2D eigenvalue weighted by atomic mass is 10.2. The molecular weight excluding hydrogens is 372 g/mol. The van der Waals surface area contributed by atoms with Crippen LogP contribution < -0.4 is 14.9 Å². The number of hydrogen-bond donors (Lipinski definition) is 1. The molecule has 6 heteroatoms. The molecule has 0 aliphatic rings. The van der Waals surface area contributed by atoms with Gasteiger partial charge >= 0.3 is 0 Å². The number of hydrazone groups is 1. The van der Waals surface area contributed by atoms with Crippen LogP contribution in [0, 0.1) is 6.92 Å². The summed E-state index contributed by atoms with van der Waals surface area (Å²) in [4.78, 5) is 13.1.